The van der Waals surface area contributed by atoms with Crippen molar-refractivity contribution in [2.24, 2.45) is 0 Å². The Labute approximate surface area is 134 Å². The van der Waals surface area contributed by atoms with E-state index < -0.39 is 5.91 Å². The fourth-order valence-electron chi connectivity index (χ4n) is 1.53. The lowest BCUT2D eigenvalue weighted by Crippen LogP contribution is -2.41. The fourth-order valence-corrected chi connectivity index (χ4v) is 2.35. The third kappa shape index (κ3) is 3.71. The zero-order valence-electron chi connectivity index (χ0n) is 10.2. The average Bonchev–Trinajstić information content (AvgIpc) is 2.45. The molecule has 0 aromatic heterocycles. The van der Waals surface area contributed by atoms with Gasteiger partial charge in [-0.05, 0) is 52.9 Å². The molecule has 2 aromatic rings. The molecule has 102 valence electrons. The molecule has 2 aromatic carbocycles. The number of rotatable bonds is 2. The van der Waals surface area contributed by atoms with E-state index in [1.165, 1.54) is 6.07 Å². The van der Waals surface area contributed by atoms with Crippen molar-refractivity contribution in [3.8, 4) is 0 Å². The number of amides is 2. The average molecular weight is 401 g/mol. The number of nitrogens with one attached hydrogen (secondary N) is 2. The maximum Gasteiger partial charge on any atom is 0.270 e. The van der Waals surface area contributed by atoms with Crippen molar-refractivity contribution in [3.63, 3.8) is 0 Å². The van der Waals surface area contributed by atoms with E-state index in [0.29, 0.717) is 16.1 Å². The number of hydrogen-bond acceptors (Lipinski definition) is 2. The molecule has 0 saturated carbocycles. The number of carbonyl (C=O) groups is 2. The third-order valence-corrected chi connectivity index (χ3v) is 3.67. The topological polar surface area (TPSA) is 58.2 Å². The van der Waals surface area contributed by atoms with E-state index in [1.54, 1.807) is 30.3 Å². The van der Waals surface area contributed by atoms with E-state index in [4.69, 9.17) is 11.6 Å². The van der Waals surface area contributed by atoms with Gasteiger partial charge < -0.3 is 0 Å². The van der Waals surface area contributed by atoms with Crippen LogP contribution < -0.4 is 10.9 Å². The predicted molar refractivity (Wildman–Crippen MR) is 85.5 cm³/mol. The summed E-state index contributed by atoms with van der Waals surface area (Å²) in [5.74, 6) is -0.794. The van der Waals surface area contributed by atoms with Gasteiger partial charge in [0, 0.05) is 14.2 Å². The van der Waals surface area contributed by atoms with Gasteiger partial charge in [0.25, 0.3) is 11.8 Å². The smallest absolute Gasteiger partial charge is 0.267 e. The van der Waals surface area contributed by atoms with Crippen LogP contribution in [0, 0.1) is 3.57 Å². The molecule has 0 saturated heterocycles. The van der Waals surface area contributed by atoms with Crippen LogP contribution in [0.25, 0.3) is 0 Å². The van der Waals surface area contributed by atoms with E-state index in [1.807, 2.05) is 12.1 Å². The molecule has 0 heterocycles. The molecule has 2 N–H and O–H groups in total. The summed E-state index contributed by atoms with van der Waals surface area (Å²) in [5.41, 5.74) is 5.60. The van der Waals surface area contributed by atoms with E-state index in [9.17, 15) is 9.59 Å². The molecular formula is C14H10ClIN2O2. The van der Waals surface area contributed by atoms with Gasteiger partial charge in [0.15, 0.2) is 0 Å². The summed E-state index contributed by atoms with van der Waals surface area (Å²) in [5, 5.41) is 0.460. The van der Waals surface area contributed by atoms with Crippen molar-refractivity contribution < 1.29 is 9.59 Å². The molecule has 0 atom stereocenters. The van der Waals surface area contributed by atoms with E-state index >= 15 is 0 Å². The predicted octanol–water partition coefficient (Wildman–Crippen LogP) is 3.02. The van der Waals surface area contributed by atoms with E-state index in [2.05, 4.69) is 33.4 Å². The summed E-state index contributed by atoms with van der Waals surface area (Å²) >= 11 is 7.86. The van der Waals surface area contributed by atoms with Crippen LogP contribution in [0.15, 0.2) is 48.5 Å². The van der Waals surface area contributed by atoms with Gasteiger partial charge in [0.2, 0.25) is 0 Å². The highest BCUT2D eigenvalue weighted by Gasteiger charge is 2.11. The monoisotopic (exact) mass is 400 g/mol. The van der Waals surface area contributed by atoms with Crippen LogP contribution >= 0.6 is 34.2 Å². The summed E-state index contributed by atoms with van der Waals surface area (Å²) in [4.78, 5) is 23.7. The van der Waals surface area contributed by atoms with Crippen molar-refractivity contribution in [2.45, 2.75) is 0 Å². The molecule has 2 amide bonds. The van der Waals surface area contributed by atoms with Crippen LogP contribution in [0.4, 0.5) is 0 Å². The van der Waals surface area contributed by atoms with Gasteiger partial charge in [-0.25, -0.2) is 0 Å². The third-order valence-electron chi connectivity index (χ3n) is 2.49. The lowest BCUT2D eigenvalue weighted by Gasteiger charge is -2.08. The summed E-state index contributed by atoms with van der Waals surface area (Å²) < 4.78 is 0.805. The zero-order chi connectivity index (χ0) is 14.5. The van der Waals surface area contributed by atoms with E-state index in [0.717, 1.165) is 3.57 Å². The van der Waals surface area contributed by atoms with Gasteiger partial charge >= 0.3 is 0 Å². The van der Waals surface area contributed by atoms with Crippen LogP contribution in [0.3, 0.4) is 0 Å². The SMILES string of the molecule is O=C(NNC(=O)c1ccccc1I)c1cccc(Cl)c1. The Morgan fingerprint density at radius 1 is 0.950 bits per heavy atom. The first-order valence-corrected chi connectivity index (χ1v) is 7.14. The summed E-state index contributed by atoms with van der Waals surface area (Å²) in [6, 6.07) is 13.6. The second-order valence-electron chi connectivity index (χ2n) is 3.90. The van der Waals surface area contributed by atoms with Gasteiger partial charge in [-0.1, -0.05) is 29.8 Å². The molecule has 0 spiro atoms. The van der Waals surface area contributed by atoms with Gasteiger partial charge in [-0.2, -0.15) is 0 Å². The van der Waals surface area contributed by atoms with Crippen molar-refractivity contribution in [1.82, 2.24) is 10.9 Å². The highest BCUT2D eigenvalue weighted by Crippen LogP contribution is 2.11. The molecule has 2 rings (SSSR count). The summed E-state index contributed by atoms with van der Waals surface area (Å²) in [6.45, 7) is 0. The molecule has 0 bridgehead atoms. The fraction of sp³-hybridized carbons (Fsp3) is 0. The first-order chi connectivity index (χ1) is 9.58. The van der Waals surface area contributed by atoms with Crippen LogP contribution in [0.1, 0.15) is 20.7 Å². The number of benzene rings is 2. The standard InChI is InChI=1S/C14H10ClIN2O2/c15-10-5-3-4-9(8-10)13(19)17-18-14(20)11-6-1-2-7-12(11)16/h1-8H,(H,17,19)(H,18,20). The first kappa shape index (κ1) is 14.8. The normalized spacial score (nSPS) is 9.90. The largest absolute Gasteiger partial charge is 0.270 e. The number of hydrazine groups is 1. The molecule has 6 heteroatoms. The highest BCUT2D eigenvalue weighted by atomic mass is 127. The zero-order valence-corrected chi connectivity index (χ0v) is 13.1. The second kappa shape index (κ2) is 6.71. The Morgan fingerprint density at radius 3 is 2.35 bits per heavy atom. The Balaban J connectivity index is 2.01. The summed E-state index contributed by atoms with van der Waals surface area (Å²) in [6.07, 6.45) is 0. The van der Waals surface area contributed by atoms with Crippen molar-refractivity contribution >= 4 is 46.0 Å². The van der Waals surface area contributed by atoms with Crippen molar-refractivity contribution in [3.05, 3.63) is 68.3 Å². The van der Waals surface area contributed by atoms with Crippen LogP contribution in [0.5, 0.6) is 0 Å². The first-order valence-electron chi connectivity index (χ1n) is 5.68. The van der Waals surface area contributed by atoms with E-state index in [-0.39, 0.29) is 5.91 Å². The Hall–Kier alpha value is -1.60. The second-order valence-corrected chi connectivity index (χ2v) is 5.50. The van der Waals surface area contributed by atoms with Crippen molar-refractivity contribution in [1.29, 1.82) is 0 Å². The lowest BCUT2D eigenvalue weighted by atomic mass is 10.2. The maximum atomic E-state index is 11.9. The van der Waals surface area contributed by atoms with Gasteiger partial charge in [0.05, 0.1) is 5.56 Å². The number of hydrogen-bond donors (Lipinski definition) is 2. The summed E-state index contributed by atoms with van der Waals surface area (Å²) in [7, 11) is 0. The molecule has 4 nitrogen and oxygen atoms in total. The van der Waals surface area contributed by atoms with Crippen LogP contribution in [-0.4, -0.2) is 11.8 Å². The molecule has 0 aliphatic heterocycles. The lowest BCUT2D eigenvalue weighted by molar-refractivity contribution is 0.0846. The Morgan fingerprint density at radius 2 is 1.65 bits per heavy atom. The molecule has 0 aliphatic carbocycles. The minimum atomic E-state index is -0.424. The number of halogens is 2. The van der Waals surface area contributed by atoms with Crippen molar-refractivity contribution in [2.75, 3.05) is 0 Å². The molecule has 0 fully saturated rings. The Kier molecular flexibility index (Phi) is 4.97. The van der Waals surface area contributed by atoms with Crippen LogP contribution in [0.2, 0.25) is 5.02 Å². The quantitative estimate of drug-likeness (QED) is 0.601. The minimum Gasteiger partial charge on any atom is -0.267 e. The molecule has 0 aliphatic rings. The maximum absolute atomic E-state index is 11.9. The van der Waals surface area contributed by atoms with Gasteiger partial charge in [-0.3, -0.25) is 20.4 Å². The van der Waals surface area contributed by atoms with Gasteiger partial charge in [0.1, 0.15) is 0 Å². The number of carbonyl (C=O) groups excluding carboxylic acids is 2. The Bertz CT molecular complexity index is 661. The molecular weight excluding hydrogens is 391 g/mol. The molecule has 0 unspecified atom stereocenters. The van der Waals surface area contributed by atoms with Crippen LogP contribution in [-0.2, 0) is 0 Å². The molecule has 20 heavy (non-hydrogen) atoms. The van der Waals surface area contributed by atoms with Gasteiger partial charge in [-0.15, -0.1) is 0 Å². The molecule has 0 radical (unpaired) electrons. The minimum absolute atomic E-state index is 0.370. The highest BCUT2D eigenvalue weighted by molar-refractivity contribution is 14.1.